The van der Waals surface area contributed by atoms with E-state index in [4.69, 9.17) is 4.74 Å². The molecule has 1 heterocycles. The minimum Gasteiger partial charge on any atom is -0.457 e. The number of rotatable bonds is 5. The maximum absolute atomic E-state index is 12.9. The van der Waals surface area contributed by atoms with Gasteiger partial charge in [0.2, 0.25) is 11.8 Å². The Bertz CT molecular complexity index is 1120. The van der Waals surface area contributed by atoms with Gasteiger partial charge in [-0.25, -0.2) is 0 Å². The van der Waals surface area contributed by atoms with Gasteiger partial charge in [0.25, 0.3) is 0 Å². The number of alkyl halides is 3. The SMILES string of the molecule is O=C(Nc1cccc(C(F)(F)F)c1)C1CCN(c2ccc(Oc3ccccc3)cc2)C1=O. The Labute approximate surface area is 182 Å². The van der Waals surface area contributed by atoms with Gasteiger partial charge in [-0.3, -0.25) is 9.59 Å². The van der Waals surface area contributed by atoms with Gasteiger partial charge in [0.1, 0.15) is 17.4 Å². The van der Waals surface area contributed by atoms with Crippen LogP contribution in [0.25, 0.3) is 0 Å². The van der Waals surface area contributed by atoms with Gasteiger partial charge in [-0.1, -0.05) is 24.3 Å². The minimum atomic E-state index is -4.52. The first kappa shape index (κ1) is 21.4. The lowest BCUT2D eigenvalue weighted by atomic mass is 10.1. The molecule has 0 aliphatic carbocycles. The first-order valence-electron chi connectivity index (χ1n) is 9.94. The Hall–Kier alpha value is -3.81. The number of benzene rings is 3. The van der Waals surface area contributed by atoms with Crippen LogP contribution in [0.4, 0.5) is 24.5 Å². The van der Waals surface area contributed by atoms with Gasteiger partial charge in [0.05, 0.1) is 5.56 Å². The molecule has 164 valence electrons. The summed E-state index contributed by atoms with van der Waals surface area (Å²) < 4.78 is 44.4. The Morgan fingerprint density at radius 1 is 0.938 bits per heavy atom. The summed E-state index contributed by atoms with van der Waals surface area (Å²) >= 11 is 0. The van der Waals surface area contributed by atoms with E-state index >= 15 is 0 Å². The molecule has 32 heavy (non-hydrogen) atoms. The molecule has 5 nitrogen and oxygen atoms in total. The van der Waals surface area contributed by atoms with E-state index in [-0.39, 0.29) is 12.1 Å². The van der Waals surface area contributed by atoms with Gasteiger partial charge >= 0.3 is 6.18 Å². The number of para-hydroxylation sites is 1. The monoisotopic (exact) mass is 440 g/mol. The number of anilines is 2. The summed E-state index contributed by atoms with van der Waals surface area (Å²) in [5, 5.41) is 2.43. The highest BCUT2D eigenvalue weighted by molar-refractivity contribution is 6.13. The van der Waals surface area contributed by atoms with E-state index in [1.165, 1.54) is 17.0 Å². The lowest BCUT2D eigenvalue weighted by molar-refractivity contribution is -0.137. The van der Waals surface area contributed by atoms with Crippen molar-refractivity contribution in [3.63, 3.8) is 0 Å². The molecule has 3 aromatic rings. The highest BCUT2D eigenvalue weighted by Gasteiger charge is 2.38. The fraction of sp³-hybridized carbons (Fsp3) is 0.167. The van der Waals surface area contributed by atoms with Crippen molar-refractivity contribution in [2.45, 2.75) is 12.6 Å². The lowest BCUT2D eigenvalue weighted by Crippen LogP contribution is -2.33. The van der Waals surface area contributed by atoms with Crippen molar-refractivity contribution in [2.24, 2.45) is 5.92 Å². The van der Waals surface area contributed by atoms with Gasteiger partial charge in [-0.15, -0.1) is 0 Å². The van der Waals surface area contributed by atoms with Crippen LogP contribution in [-0.4, -0.2) is 18.4 Å². The van der Waals surface area contributed by atoms with Gasteiger partial charge in [0.15, 0.2) is 0 Å². The van der Waals surface area contributed by atoms with E-state index in [9.17, 15) is 22.8 Å². The summed E-state index contributed by atoms with van der Waals surface area (Å²) in [4.78, 5) is 26.8. The number of amides is 2. The fourth-order valence-corrected chi connectivity index (χ4v) is 3.50. The Balaban J connectivity index is 1.41. The maximum Gasteiger partial charge on any atom is 0.416 e. The third kappa shape index (κ3) is 4.74. The summed E-state index contributed by atoms with van der Waals surface area (Å²) in [6.45, 7) is 0.332. The Kier molecular flexibility index (Phi) is 5.85. The van der Waals surface area contributed by atoms with Crippen molar-refractivity contribution in [1.29, 1.82) is 0 Å². The molecule has 8 heteroatoms. The van der Waals surface area contributed by atoms with Crippen LogP contribution >= 0.6 is 0 Å². The summed E-state index contributed by atoms with van der Waals surface area (Å²) in [6, 6.07) is 20.5. The van der Waals surface area contributed by atoms with Crippen LogP contribution in [0.1, 0.15) is 12.0 Å². The molecule has 0 aromatic heterocycles. The maximum atomic E-state index is 12.9. The normalized spacial score (nSPS) is 16.2. The summed E-state index contributed by atoms with van der Waals surface area (Å²) in [5.41, 5.74) is -0.254. The van der Waals surface area contributed by atoms with Gasteiger partial charge < -0.3 is 15.0 Å². The van der Waals surface area contributed by atoms with Crippen LogP contribution in [-0.2, 0) is 15.8 Å². The van der Waals surface area contributed by atoms with Crippen molar-refractivity contribution in [3.05, 3.63) is 84.4 Å². The third-order valence-corrected chi connectivity index (χ3v) is 5.11. The molecule has 2 amide bonds. The minimum absolute atomic E-state index is 0.00140. The molecule has 1 unspecified atom stereocenters. The molecule has 0 bridgehead atoms. The summed E-state index contributed by atoms with van der Waals surface area (Å²) in [5.74, 6) is -0.703. The number of halogens is 3. The largest absolute Gasteiger partial charge is 0.457 e. The van der Waals surface area contributed by atoms with E-state index in [1.807, 2.05) is 30.3 Å². The molecular weight excluding hydrogens is 421 g/mol. The number of hydrogen-bond donors (Lipinski definition) is 1. The van der Waals surface area contributed by atoms with Crippen molar-refractivity contribution in [1.82, 2.24) is 0 Å². The molecule has 1 aliphatic heterocycles. The van der Waals surface area contributed by atoms with Crippen molar-refractivity contribution < 1.29 is 27.5 Å². The molecular formula is C24H19F3N2O3. The number of carbonyl (C=O) groups is 2. The molecule has 0 spiro atoms. The number of ether oxygens (including phenoxy) is 1. The topological polar surface area (TPSA) is 58.6 Å². The van der Waals surface area contributed by atoms with E-state index in [0.717, 1.165) is 12.1 Å². The Morgan fingerprint density at radius 3 is 2.31 bits per heavy atom. The molecule has 4 rings (SSSR count). The Morgan fingerprint density at radius 2 is 1.62 bits per heavy atom. The van der Waals surface area contributed by atoms with Crippen LogP contribution in [0, 0.1) is 5.92 Å². The summed E-state index contributed by atoms with van der Waals surface area (Å²) in [6.07, 6.45) is -4.25. The molecule has 0 radical (unpaired) electrons. The first-order valence-corrected chi connectivity index (χ1v) is 9.94. The standard InChI is InChI=1S/C24H19F3N2O3/c25-24(26,27)16-5-4-6-17(15-16)28-22(30)21-13-14-29(23(21)31)18-9-11-20(12-10-18)32-19-7-2-1-3-8-19/h1-12,15,21H,13-14H2,(H,28,30). The second kappa shape index (κ2) is 8.74. The third-order valence-electron chi connectivity index (χ3n) is 5.11. The van der Waals surface area contributed by atoms with Crippen molar-refractivity contribution in [2.75, 3.05) is 16.8 Å². The van der Waals surface area contributed by atoms with Gasteiger partial charge in [0, 0.05) is 17.9 Å². The predicted octanol–water partition coefficient (Wildman–Crippen LogP) is 5.49. The van der Waals surface area contributed by atoms with Crippen LogP contribution in [0.15, 0.2) is 78.9 Å². The van der Waals surface area contributed by atoms with E-state index in [2.05, 4.69) is 5.32 Å². The highest BCUT2D eigenvalue weighted by Crippen LogP contribution is 2.32. The molecule has 1 N–H and O–H groups in total. The number of nitrogens with one attached hydrogen (secondary N) is 1. The number of carbonyl (C=O) groups excluding carboxylic acids is 2. The highest BCUT2D eigenvalue weighted by atomic mass is 19.4. The second-order valence-electron chi connectivity index (χ2n) is 7.31. The molecule has 0 saturated carbocycles. The van der Waals surface area contributed by atoms with Crippen LogP contribution in [0.2, 0.25) is 0 Å². The fourth-order valence-electron chi connectivity index (χ4n) is 3.50. The smallest absolute Gasteiger partial charge is 0.416 e. The predicted molar refractivity (Wildman–Crippen MR) is 113 cm³/mol. The molecule has 1 aliphatic rings. The van der Waals surface area contributed by atoms with Gasteiger partial charge in [-0.2, -0.15) is 13.2 Å². The molecule has 3 aromatic carbocycles. The quantitative estimate of drug-likeness (QED) is 0.534. The van der Waals surface area contributed by atoms with Gasteiger partial charge in [-0.05, 0) is 61.0 Å². The molecule has 1 fully saturated rings. The number of nitrogens with zero attached hydrogens (tertiary/aromatic N) is 1. The van der Waals surface area contributed by atoms with Crippen LogP contribution in [0.3, 0.4) is 0 Å². The molecule has 1 saturated heterocycles. The average Bonchev–Trinajstić information content (AvgIpc) is 3.16. The van der Waals surface area contributed by atoms with E-state index in [1.54, 1.807) is 24.3 Å². The molecule has 1 atom stereocenters. The van der Waals surface area contributed by atoms with Crippen LogP contribution in [0.5, 0.6) is 11.5 Å². The second-order valence-corrected chi connectivity index (χ2v) is 7.31. The van der Waals surface area contributed by atoms with E-state index < -0.39 is 29.5 Å². The first-order chi connectivity index (χ1) is 15.3. The van der Waals surface area contributed by atoms with Crippen molar-refractivity contribution in [3.8, 4) is 11.5 Å². The zero-order valence-electron chi connectivity index (χ0n) is 16.8. The average molecular weight is 440 g/mol. The zero-order chi connectivity index (χ0) is 22.7. The summed E-state index contributed by atoms with van der Waals surface area (Å²) in [7, 11) is 0. The van der Waals surface area contributed by atoms with Crippen molar-refractivity contribution >= 4 is 23.2 Å². The van der Waals surface area contributed by atoms with E-state index in [0.29, 0.717) is 23.7 Å². The number of hydrogen-bond acceptors (Lipinski definition) is 3. The zero-order valence-corrected chi connectivity index (χ0v) is 16.8. The lowest BCUT2D eigenvalue weighted by Gasteiger charge is -2.17. The van der Waals surface area contributed by atoms with Crippen LogP contribution < -0.4 is 15.0 Å².